The van der Waals surface area contributed by atoms with Crippen molar-refractivity contribution in [2.45, 2.75) is 90.4 Å². The number of alkyl carbamates (subject to hydrolysis) is 2. The second kappa shape index (κ2) is 20.6. The van der Waals surface area contributed by atoms with Crippen molar-refractivity contribution in [2.24, 2.45) is 22.7 Å². The number of H-pyrrole nitrogens is 2. The zero-order valence-electron chi connectivity index (χ0n) is 38.5. The van der Waals surface area contributed by atoms with Gasteiger partial charge in [0.15, 0.2) is 0 Å². The van der Waals surface area contributed by atoms with Gasteiger partial charge < -0.3 is 49.3 Å². The lowest BCUT2D eigenvalue weighted by atomic mass is 9.90. The Balaban J connectivity index is 0.893. The number of carbonyl (C=O) groups excluding carboxylic acids is 4. The summed E-state index contributed by atoms with van der Waals surface area (Å²) in [5, 5.41) is 5.66. The van der Waals surface area contributed by atoms with Gasteiger partial charge in [-0.25, -0.2) is 19.6 Å². The van der Waals surface area contributed by atoms with Crippen LogP contribution in [0.4, 0.5) is 9.59 Å². The Hall–Kier alpha value is -6.18. The third-order valence-electron chi connectivity index (χ3n) is 13.6. The van der Waals surface area contributed by atoms with Crippen LogP contribution in [-0.4, -0.2) is 120 Å². The Labute approximate surface area is 386 Å². The minimum absolute atomic E-state index is 0.0449. The van der Waals surface area contributed by atoms with Gasteiger partial charge in [0.2, 0.25) is 11.8 Å². The van der Waals surface area contributed by atoms with Crippen molar-refractivity contribution in [1.82, 2.24) is 40.4 Å². The van der Waals surface area contributed by atoms with Gasteiger partial charge in [-0.15, -0.1) is 0 Å². The van der Waals surface area contributed by atoms with Crippen molar-refractivity contribution >= 4 is 24.0 Å². The molecule has 2 atom stereocenters. The summed E-state index contributed by atoms with van der Waals surface area (Å²) >= 11 is 0. The number of carbonyl (C=O) groups is 4. The SMILES string of the molecule is COC(=O)NC(C(=O)N(Cc1ncc(-c2ccc(C#Cc3ccc(-c4cnc(CN(CC5(C)CC5)C(=O)C(NC(=O)OC)C5CCOCC5)[nH]4)cc3)cc2)[nH]1)CC1(C)CC1)C1CCOCC1. The number of nitrogens with zero attached hydrogens (tertiary/aromatic N) is 4. The van der Waals surface area contributed by atoms with Crippen LogP contribution < -0.4 is 10.6 Å². The van der Waals surface area contributed by atoms with Gasteiger partial charge in [-0.05, 0) is 109 Å². The van der Waals surface area contributed by atoms with Crippen LogP contribution in [-0.2, 0) is 41.6 Å². The van der Waals surface area contributed by atoms with E-state index in [1.54, 1.807) is 12.4 Å². The maximum Gasteiger partial charge on any atom is 0.407 e. The summed E-state index contributed by atoms with van der Waals surface area (Å²) in [4.78, 5) is 72.9. The zero-order valence-corrected chi connectivity index (χ0v) is 38.5. The highest BCUT2D eigenvalue weighted by molar-refractivity contribution is 5.87. The second-order valence-electron chi connectivity index (χ2n) is 19.0. The molecule has 0 radical (unpaired) electrons. The van der Waals surface area contributed by atoms with Gasteiger partial charge in [-0.3, -0.25) is 9.59 Å². The fourth-order valence-electron chi connectivity index (χ4n) is 8.87. The number of imidazole rings is 2. The zero-order chi connectivity index (χ0) is 46.3. The summed E-state index contributed by atoms with van der Waals surface area (Å²) in [6.07, 6.45) is 9.23. The van der Waals surface area contributed by atoms with Crippen molar-refractivity contribution in [1.29, 1.82) is 0 Å². The highest BCUT2D eigenvalue weighted by atomic mass is 16.5. The molecule has 4 N–H and O–H groups in total. The molecule has 16 nitrogen and oxygen atoms in total. The van der Waals surface area contributed by atoms with Gasteiger partial charge in [0.1, 0.15) is 23.7 Å². The van der Waals surface area contributed by atoms with E-state index in [1.807, 2.05) is 58.3 Å². The molecule has 2 saturated carbocycles. The molecule has 66 heavy (non-hydrogen) atoms. The van der Waals surface area contributed by atoms with Crippen LogP contribution in [0.5, 0.6) is 0 Å². The lowest BCUT2D eigenvalue weighted by Crippen LogP contribution is -2.54. The van der Waals surface area contributed by atoms with Gasteiger partial charge in [-0.2, -0.15) is 0 Å². The van der Waals surface area contributed by atoms with Gasteiger partial charge in [0.25, 0.3) is 0 Å². The standard InChI is InChI=1S/C50H62N8O8/c1-49(19-20-49)31-57(45(59)43(55-47(61)63-3)37-15-23-65-24-16-37)29-41-51-27-39(53-41)35-11-7-33(8-12-35)5-6-34-9-13-36(14-10-34)40-28-52-42(54-40)30-58(32-50(2)21-22-50)46(60)44(56-48(62)64-4)38-17-25-66-26-18-38/h7-14,27-28,37-38,43-44H,15-26,29-32H2,1-4H3,(H,51,53)(H,52,54)(H,55,61)(H,56,62). The minimum atomic E-state index is -0.710. The topological polar surface area (TPSA) is 193 Å². The first-order valence-corrected chi connectivity index (χ1v) is 23.1. The Kier molecular flexibility index (Phi) is 14.4. The predicted octanol–water partition coefficient (Wildman–Crippen LogP) is 6.43. The summed E-state index contributed by atoms with van der Waals surface area (Å²) in [7, 11) is 2.62. The number of methoxy groups -OCH3 is 2. The van der Waals surface area contributed by atoms with Crippen LogP contribution in [0.3, 0.4) is 0 Å². The van der Waals surface area contributed by atoms with Crippen LogP contribution in [0.2, 0.25) is 0 Å². The molecule has 2 aromatic carbocycles. The fraction of sp³-hybridized carbons (Fsp3) is 0.520. The summed E-state index contributed by atoms with van der Waals surface area (Å²) in [6, 6.07) is 14.4. The monoisotopic (exact) mass is 902 g/mol. The van der Waals surface area contributed by atoms with E-state index in [2.05, 4.69) is 56.3 Å². The molecule has 4 aliphatic rings. The smallest absolute Gasteiger partial charge is 0.407 e. The summed E-state index contributed by atoms with van der Waals surface area (Å²) in [5.74, 6) is 7.50. The number of benzene rings is 2. The van der Waals surface area contributed by atoms with Crippen molar-refractivity contribution in [2.75, 3.05) is 53.7 Å². The van der Waals surface area contributed by atoms with Crippen LogP contribution in [0.1, 0.15) is 88.0 Å². The third-order valence-corrected chi connectivity index (χ3v) is 13.6. The van der Waals surface area contributed by atoms with E-state index in [0.29, 0.717) is 76.8 Å². The summed E-state index contributed by atoms with van der Waals surface area (Å²) < 4.78 is 20.9. The third kappa shape index (κ3) is 12.0. The molecule has 4 aromatic rings. The van der Waals surface area contributed by atoms with Gasteiger partial charge in [0.05, 0.1) is 51.1 Å². The van der Waals surface area contributed by atoms with E-state index >= 15 is 0 Å². The van der Waals surface area contributed by atoms with E-state index in [-0.39, 0.29) is 47.6 Å². The first-order chi connectivity index (χ1) is 31.9. The summed E-state index contributed by atoms with van der Waals surface area (Å²) in [6.45, 7) is 8.29. The molecule has 2 aromatic heterocycles. The number of ether oxygens (including phenoxy) is 4. The molecular formula is C50H62N8O8. The Morgan fingerprint density at radius 3 is 1.35 bits per heavy atom. The number of rotatable bonds is 16. The molecule has 0 bridgehead atoms. The highest BCUT2D eigenvalue weighted by Crippen LogP contribution is 2.47. The van der Waals surface area contributed by atoms with Crippen LogP contribution in [0, 0.1) is 34.5 Å². The maximum absolute atomic E-state index is 14.2. The van der Waals surface area contributed by atoms with E-state index in [4.69, 9.17) is 18.9 Å². The van der Waals surface area contributed by atoms with Gasteiger partial charge in [0, 0.05) is 50.6 Å². The molecule has 2 unspecified atom stereocenters. The largest absolute Gasteiger partial charge is 0.453 e. The maximum atomic E-state index is 14.2. The number of hydrogen-bond acceptors (Lipinski definition) is 10. The molecule has 4 amide bonds. The lowest BCUT2D eigenvalue weighted by molar-refractivity contribution is -0.138. The average Bonchev–Trinajstić information content (AvgIpc) is 4.11. The number of hydrogen-bond donors (Lipinski definition) is 4. The Bertz CT molecular complexity index is 2220. The Morgan fingerprint density at radius 2 is 1.02 bits per heavy atom. The number of amides is 4. The van der Waals surface area contributed by atoms with Gasteiger partial charge in [-0.1, -0.05) is 50.0 Å². The second-order valence-corrected chi connectivity index (χ2v) is 19.0. The van der Waals surface area contributed by atoms with Crippen molar-refractivity contribution < 1.29 is 38.1 Å². The van der Waals surface area contributed by atoms with E-state index in [9.17, 15) is 19.2 Å². The van der Waals surface area contributed by atoms with E-state index in [0.717, 1.165) is 59.3 Å². The number of aromatic amines is 2. The molecule has 4 fully saturated rings. The molecule has 16 heteroatoms. The van der Waals surface area contributed by atoms with Crippen LogP contribution in [0.25, 0.3) is 22.5 Å². The van der Waals surface area contributed by atoms with Crippen LogP contribution >= 0.6 is 0 Å². The molecule has 4 heterocycles. The molecule has 2 aliphatic carbocycles. The van der Waals surface area contributed by atoms with E-state index in [1.165, 1.54) is 14.2 Å². The number of nitrogens with one attached hydrogen (secondary N) is 4. The molecule has 2 aliphatic heterocycles. The lowest BCUT2D eigenvalue weighted by Gasteiger charge is -2.34. The van der Waals surface area contributed by atoms with Crippen molar-refractivity contribution in [3.8, 4) is 34.4 Å². The molecule has 0 spiro atoms. The van der Waals surface area contributed by atoms with Gasteiger partial charge >= 0.3 is 12.2 Å². The summed E-state index contributed by atoms with van der Waals surface area (Å²) in [5.41, 5.74) is 5.33. The average molecular weight is 903 g/mol. The normalized spacial score (nSPS) is 18.4. The molecule has 350 valence electrons. The highest BCUT2D eigenvalue weighted by Gasteiger charge is 2.44. The fourth-order valence-corrected chi connectivity index (χ4v) is 8.87. The van der Waals surface area contributed by atoms with Crippen molar-refractivity contribution in [3.05, 3.63) is 83.7 Å². The predicted molar refractivity (Wildman–Crippen MR) is 245 cm³/mol. The van der Waals surface area contributed by atoms with Crippen molar-refractivity contribution in [3.63, 3.8) is 0 Å². The quantitative estimate of drug-likeness (QED) is 0.0912. The van der Waals surface area contributed by atoms with E-state index < -0.39 is 24.3 Å². The minimum Gasteiger partial charge on any atom is -0.453 e. The van der Waals surface area contributed by atoms with Crippen LogP contribution in [0.15, 0.2) is 60.9 Å². The first-order valence-electron chi connectivity index (χ1n) is 23.1. The number of aromatic nitrogens is 4. The molecule has 2 saturated heterocycles. The molecular weight excluding hydrogens is 841 g/mol. The first kappa shape index (κ1) is 46.4. The molecule has 8 rings (SSSR count). The Morgan fingerprint density at radius 1 is 0.652 bits per heavy atom.